The molecule has 0 aromatic carbocycles. The van der Waals surface area contributed by atoms with Gasteiger partial charge in [-0.2, -0.15) is 0 Å². The van der Waals surface area contributed by atoms with Gasteiger partial charge in [-0.1, -0.05) is 0 Å². The summed E-state index contributed by atoms with van der Waals surface area (Å²) < 4.78 is 2.13. The molecule has 2 heterocycles. The highest BCUT2D eigenvalue weighted by Crippen LogP contribution is 2.09. The number of rotatable bonds is 0. The first-order valence-corrected chi connectivity index (χ1v) is 4.14. The SMILES string of the molecule is CC(=O)O.c1cn2c(n1)NCCC2. The zero-order valence-electron chi connectivity index (χ0n) is 7.53. The summed E-state index contributed by atoms with van der Waals surface area (Å²) in [4.78, 5) is 13.1. The molecule has 1 aliphatic heterocycles. The smallest absolute Gasteiger partial charge is 0.300 e. The predicted molar refractivity (Wildman–Crippen MR) is 48.6 cm³/mol. The van der Waals surface area contributed by atoms with Crippen molar-refractivity contribution in [1.82, 2.24) is 9.55 Å². The molecule has 5 nitrogen and oxygen atoms in total. The maximum atomic E-state index is 9.00. The Hall–Kier alpha value is -1.52. The fourth-order valence-corrected chi connectivity index (χ4v) is 1.11. The van der Waals surface area contributed by atoms with Crippen molar-refractivity contribution < 1.29 is 9.90 Å². The molecule has 1 aliphatic rings. The standard InChI is InChI=1S/C6H9N3.C2H4O2/c1-2-7-6-8-3-5-9(6)4-1;1-2(3)4/h3,5H,1-2,4H2,(H,7,8);1H3,(H,3,4). The van der Waals surface area contributed by atoms with Crippen LogP contribution in [0.4, 0.5) is 5.95 Å². The van der Waals surface area contributed by atoms with E-state index in [2.05, 4.69) is 14.9 Å². The van der Waals surface area contributed by atoms with E-state index in [0.29, 0.717) is 0 Å². The van der Waals surface area contributed by atoms with Crippen LogP contribution in [0.2, 0.25) is 0 Å². The van der Waals surface area contributed by atoms with E-state index in [1.807, 2.05) is 12.4 Å². The van der Waals surface area contributed by atoms with Crippen LogP contribution in [0.5, 0.6) is 0 Å². The zero-order chi connectivity index (χ0) is 9.68. The molecule has 0 aliphatic carbocycles. The minimum absolute atomic E-state index is 0.833. The van der Waals surface area contributed by atoms with Gasteiger partial charge in [0.05, 0.1) is 0 Å². The maximum Gasteiger partial charge on any atom is 0.300 e. The van der Waals surface area contributed by atoms with Gasteiger partial charge in [0.2, 0.25) is 5.95 Å². The van der Waals surface area contributed by atoms with E-state index in [4.69, 9.17) is 9.90 Å². The van der Waals surface area contributed by atoms with Crippen LogP contribution < -0.4 is 5.32 Å². The average molecular weight is 183 g/mol. The number of carboxylic acid groups (broad SMARTS) is 1. The Kier molecular flexibility index (Phi) is 3.31. The topological polar surface area (TPSA) is 67.1 Å². The number of aliphatic carboxylic acids is 1. The Morgan fingerprint density at radius 1 is 1.77 bits per heavy atom. The van der Waals surface area contributed by atoms with E-state index in [9.17, 15) is 0 Å². The lowest BCUT2D eigenvalue weighted by Gasteiger charge is -2.14. The van der Waals surface area contributed by atoms with Crippen molar-refractivity contribution in [2.45, 2.75) is 19.9 Å². The predicted octanol–water partition coefficient (Wildman–Crippen LogP) is 0.790. The van der Waals surface area contributed by atoms with Crippen LogP contribution >= 0.6 is 0 Å². The summed E-state index contributed by atoms with van der Waals surface area (Å²) in [6.07, 6.45) is 5.04. The Morgan fingerprint density at radius 2 is 2.46 bits per heavy atom. The summed E-state index contributed by atoms with van der Waals surface area (Å²) in [7, 11) is 0. The number of carbonyl (C=O) groups is 1. The third kappa shape index (κ3) is 3.14. The van der Waals surface area contributed by atoms with E-state index in [1.54, 1.807) is 0 Å². The second-order valence-electron chi connectivity index (χ2n) is 2.74. The molecule has 1 aromatic rings. The molecule has 0 amide bonds. The number of hydrogen-bond donors (Lipinski definition) is 2. The number of aromatic nitrogens is 2. The Morgan fingerprint density at radius 3 is 3.08 bits per heavy atom. The van der Waals surface area contributed by atoms with Crippen molar-refractivity contribution >= 4 is 11.9 Å². The van der Waals surface area contributed by atoms with Gasteiger partial charge in [-0.25, -0.2) is 4.98 Å². The van der Waals surface area contributed by atoms with E-state index in [-0.39, 0.29) is 0 Å². The van der Waals surface area contributed by atoms with Crippen molar-refractivity contribution in [2.75, 3.05) is 11.9 Å². The number of anilines is 1. The molecule has 0 unspecified atom stereocenters. The van der Waals surface area contributed by atoms with Crippen LogP contribution in [0.1, 0.15) is 13.3 Å². The van der Waals surface area contributed by atoms with Gasteiger partial charge in [0.1, 0.15) is 0 Å². The summed E-state index contributed by atoms with van der Waals surface area (Å²) >= 11 is 0. The van der Waals surface area contributed by atoms with Crippen molar-refractivity contribution in [2.24, 2.45) is 0 Å². The van der Waals surface area contributed by atoms with Crippen molar-refractivity contribution in [3.63, 3.8) is 0 Å². The first-order valence-electron chi connectivity index (χ1n) is 4.14. The normalized spacial score (nSPS) is 13.3. The summed E-state index contributed by atoms with van der Waals surface area (Å²) in [6.45, 7) is 3.26. The monoisotopic (exact) mass is 183 g/mol. The van der Waals surface area contributed by atoms with Gasteiger partial charge < -0.3 is 15.0 Å². The molecule has 1 aromatic heterocycles. The molecular weight excluding hydrogens is 170 g/mol. The van der Waals surface area contributed by atoms with Gasteiger partial charge in [0, 0.05) is 32.4 Å². The average Bonchev–Trinajstić information content (AvgIpc) is 2.49. The van der Waals surface area contributed by atoms with Gasteiger partial charge >= 0.3 is 0 Å². The molecule has 0 saturated carbocycles. The molecule has 2 N–H and O–H groups in total. The third-order valence-corrected chi connectivity index (χ3v) is 1.57. The molecule has 0 spiro atoms. The zero-order valence-corrected chi connectivity index (χ0v) is 7.53. The van der Waals surface area contributed by atoms with Crippen molar-refractivity contribution in [3.8, 4) is 0 Å². The minimum atomic E-state index is -0.833. The second-order valence-corrected chi connectivity index (χ2v) is 2.74. The van der Waals surface area contributed by atoms with E-state index < -0.39 is 5.97 Å². The van der Waals surface area contributed by atoms with Crippen molar-refractivity contribution in [1.29, 1.82) is 0 Å². The maximum absolute atomic E-state index is 9.00. The lowest BCUT2D eigenvalue weighted by Crippen LogP contribution is -2.16. The van der Waals surface area contributed by atoms with Crippen LogP contribution in [0, 0.1) is 0 Å². The highest BCUT2D eigenvalue weighted by molar-refractivity contribution is 5.62. The van der Waals surface area contributed by atoms with Gasteiger partial charge in [-0.3, -0.25) is 4.79 Å². The van der Waals surface area contributed by atoms with Crippen LogP contribution in [-0.2, 0) is 11.3 Å². The van der Waals surface area contributed by atoms with Crippen LogP contribution in [0.3, 0.4) is 0 Å². The number of imidazole rings is 1. The van der Waals surface area contributed by atoms with Crippen molar-refractivity contribution in [3.05, 3.63) is 12.4 Å². The fourth-order valence-electron chi connectivity index (χ4n) is 1.11. The second kappa shape index (κ2) is 4.49. The molecular formula is C8H13N3O2. The highest BCUT2D eigenvalue weighted by Gasteiger charge is 2.05. The van der Waals surface area contributed by atoms with E-state index in [1.165, 1.54) is 6.42 Å². The van der Waals surface area contributed by atoms with Gasteiger partial charge in [0.15, 0.2) is 0 Å². The quantitative estimate of drug-likeness (QED) is 0.624. The molecule has 0 saturated heterocycles. The van der Waals surface area contributed by atoms with Gasteiger partial charge in [-0.15, -0.1) is 0 Å². The molecule has 72 valence electrons. The third-order valence-electron chi connectivity index (χ3n) is 1.57. The lowest BCUT2D eigenvalue weighted by molar-refractivity contribution is -0.134. The summed E-state index contributed by atoms with van der Waals surface area (Å²) in [5, 5.41) is 10.6. The molecule has 0 fully saturated rings. The van der Waals surface area contributed by atoms with E-state index >= 15 is 0 Å². The summed E-state index contributed by atoms with van der Waals surface area (Å²) in [5.74, 6) is 0.182. The summed E-state index contributed by atoms with van der Waals surface area (Å²) in [5.41, 5.74) is 0. The lowest BCUT2D eigenvalue weighted by atomic mass is 10.4. The molecule has 2 rings (SSSR count). The number of fused-ring (bicyclic) bond motifs is 1. The van der Waals surface area contributed by atoms with Crippen LogP contribution in [0.15, 0.2) is 12.4 Å². The number of aryl methyl sites for hydroxylation is 1. The first kappa shape index (κ1) is 9.57. The Labute approximate surface area is 76.4 Å². The number of hydrogen-bond acceptors (Lipinski definition) is 3. The molecule has 0 bridgehead atoms. The first-order chi connectivity index (χ1) is 6.20. The number of carboxylic acids is 1. The summed E-state index contributed by atoms with van der Waals surface area (Å²) in [6, 6.07) is 0. The van der Waals surface area contributed by atoms with Gasteiger partial charge in [-0.05, 0) is 6.42 Å². The van der Waals surface area contributed by atoms with Crippen LogP contribution in [-0.4, -0.2) is 27.2 Å². The molecule has 0 radical (unpaired) electrons. The minimum Gasteiger partial charge on any atom is -0.481 e. The molecule has 0 atom stereocenters. The van der Waals surface area contributed by atoms with Gasteiger partial charge in [0.25, 0.3) is 5.97 Å². The number of nitrogens with one attached hydrogen (secondary N) is 1. The Bertz CT molecular complexity index is 258. The molecule has 5 heteroatoms. The number of nitrogens with zero attached hydrogens (tertiary/aromatic N) is 2. The fraction of sp³-hybridized carbons (Fsp3) is 0.500. The highest BCUT2D eigenvalue weighted by atomic mass is 16.4. The van der Waals surface area contributed by atoms with E-state index in [0.717, 1.165) is 26.0 Å². The molecule has 13 heavy (non-hydrogen) atoms. The largest absolute Gasteiger partial charge is 0.481 e. The van der Waals surface area contributed by atoms with Crippen LogP contribution in [0.25, 0.3) is 0 Å². The Balaban J connectivity index is 0.000000184.